The molecule has 1 aromatic heterocycles. The summed E-state index contributed by atoms with van der Waals surface area (Å²) in [6.45, 7) is 0. The van der Waals surface area contributed by atoms with Crippen molar-refractivity contribution in [3.05, 3.63) is 66.0 Å². The van der Waals surface area contributed by atoms with Crippen LogP contribution in [0.3, 0.4) is 0 Å². The van der Waals surface area contributed by atoms with Crippen LogP contribution in [-0.2, 0) is 0 Å². The number of amides is 1. The lowest BCUT2D eigenvalue weighted by Gasteiger charge is -2.24. The van der Waals surface area contributed by atoms with Crippen molar-refractivity contribution < 1.29 is 4.79 Å². The zero-order valence-electron chi connectivity index (χ0n) is 12.4. The molecule has 1 saturated carbocycles. The second-order valence-corrected chi connectivity index (χ2v) is 5.49. The van der Waals surface area contributed by atoms with E-state index in [0.717, 1.165) is 25.0 Å². The fourth-order valence-electron chi connectivity index (χ4n) is 2.86. The molecule has 1 fully saturated rings. The first kappa shape index (κ1) is 14.4. The third-order valence-corrected chi connectivity index (χ3v) is 4.00. The standard InChI is InChI=1S/C18H19N3O/c22-18(15-9-6-12-19-13-15)21-20-17-11-5-4-10-16(17)14-7-2-1-3-8-14/h1-3,6-9,12-13,16H,4-5,10-11H2,(H,21,22)/b20-17-/t16-/m1/s1. The van der Waals surface area contributed by atoms with E-state index in [4.69, 9.17) is 0 Å². The fraction of sp³-hybridized carbons (Fsp3) is 0.278. The van der Waals surface area contributed by atoms with Gasteiger partial charge in [-0.3, -0.25) is 9.78 Å². The maximum atomic E-state index is 12.1. The highest BCUT2D eigenvalue weighted by Crippen LogP contribution is 2.30. The summed E-state index contributed by atoms with van der Waals surface area (Å²) in [6, 6.07) is 13.9. The Morgan fingerprint density at radius 2 is 2.00 bits per heavy atom. The van der Waals surface area contributed by atoms with E-state index >= 15 is 0 Å². The third kappa shape index (κ3) is 3.39. The van der Waals surface area contributed by atoms with E-state index in [1.807, 2.05) is 6.07 Å². The molecule has 4 heteroatoms. The lowest BCUT2D eigenvalue weighted by molar-refractivity contribution is 0.0954. The van der Waals surface area contributed by atoms with E-state index in [1.54, 1.807) is 24.5 Å². The number of aromatic nitrogens is 1. The number of pyridine rings is 1. The zero-order valence-corrected chi connectivity index (χ0v) is 12.4. The van der Waals surface area contributed by atoms with Crippen molar-refractivity contribution in [1.29, 1.82) is 0 Å². The number of carbonyl (C=O) groups is 1. The minimum atomic E-state index is -0.210. The molecule has 112 valence electrons. The van der Waals surface area contributed by atoms with Crippen LogP contribution >= 0.6 is 0 Å². The summed E-state index contributed by atoms with van der Waals surface area (Å²) >= 11 is 0. The molecule has 1 N–H and O–H groups in total. The molecular weight excluding hydrogens is 274 g/mol. The summed E-state index contributed by atoms with van der Waals surface area (Å²) in [5, 5.41) is 4.41. The highest BCUT2D eigenvalue weighted by molar-refractivity contribution is 5.96. The predicted molar refractivity (Wildman–Crippen MR) is 86.8 cm³/mol. The molecule has 3 rings (SSSR count). The van der Waals surface area contributed by atoms with E-state index in [2.05, 4.69) is 39.8 Å². The first-order chi connectivity index (χ1) is 10.8. The van der Waals surface area contributed by atoms with E-state index in [1.165, 1.54) is 12.0 Å². The van der Waals surface area contributed by atoms with Crippen LogP contribution in [0.1, 0.15) is 47.5 Å². The largest absolute Gasteiger partial charge is 0.272 e. The van der Waals surface area contributed by atoms with Crippen LogP contribution in [0.15, 0.2) is 60.0 Å². The van der Waals surface area contributed by atoms with Gasteiger partial charge in [0.2, 0.25) is 0 Å². The Balaban J connectivity index is 1.75. The summed E-state index contributed by atoms with van der Waals surface area (Å²) < 4.78 is 0. The molecule has 0 bridgehead atoms. The van der Waals surface area contributed by atoms with Crippen LogP contribution in [-0.4, -0.2) is 16.6 Å². The summed E-state index contributed by atoms with van der Waals surface area (Å²) in [7, 11) is 0. The minimum Gasteiger partial charge on any atom is -0.267 e. The Bertz CT molecular complexity index is 653. The Hall–Kier alpha value is -2.49. The molecule has 4 nitrogen and oxygen atoms in total. The molecule has 22 heavy (non-hydrogen) atoms. The van der Waals surface area contributed by atoms with Crippen molar-refractivity contribution in [2.45, 2.75) is 31.6 Å². The van der Waals surface area contributed by atoms with Gasteiger partial charge in [-0.2, -0.15) is 5.10 Å². The maximum absolute atomic E-state index is 12.1. The molecule has 2 aromatic rings. The molecule has 1 atom stereocenters. The number of hydrazone groups is 1. The normalized spacial score (nSPS) is 19.8. The number of hydrogen-bond donors (Lipinski definition) is 1. The Morgan fingerprint density at radius 1 is 1.14 bits per heavy atom. The highest BCUT2D eigenvalue weighted by Gasteiger charge is 2.22. The first-order valence-electron chi connectivity index (χ1n) is 7.66. The van der Waals surface area contributed by atoms with Crippen LogP contribution in [0.2, 0.25) is 0 Å². The molecule has 0 radical (unpaired) electrons. The van der Waals surface area contributed by atoms with Crippen molar-refractivity contribution in [2.24, 2.45) is 5.10 Å². The third-order valence-electron chi connectivity index (χ3n) is 4.00. The molecule has 1 heterocycles. The van der Waals surface area contributed by atoms with Gasteiger partial charge in [-0.1, -0.05) is 36.8 Å². The molecule has 0 saturated heterocycles. The predicted octanol–water partition coefficient (Wildman–Crippen LogP) is 3.53. The Morgan fingerprint density at radius 3 is 2.77 bits per heavy atom. The number of rotatable bonds is 3. The first-order valence-corrected chi connectivity index (χ1v) is 7.66. The van der Waals surface area contributed by atoms with Crippen LogP contribution < -0.4 is 5.43 Å². The number of carbonyl (C=O) groups excluding carboxylic acids is 1. The Kier molecular flexibility index (Phi) is 4.59. The second kappa shape index (κ2) is 6.98. The van der Waals surface area contributed by atoms with E-state index in [-0.39, 0.29) is 5.91 Å². The van der Waals surface area contributed by atoms with Crippen molar-refractivity contribution in [3.63, 3.8) is 0 Å². The van der Waals surface area contributed by atoms with Crippen molar-refractivity contribution in [2.75, 3.05) is 0 Å². The van der Waals surface area contributed by atoms with Crippen molar-refractivity contribution in [3.8, 4) is 0 Å². The van der Waals surface area contributed by atoms with Gasteiger partial charge < -0.3 is 0 Å². The van der Waals surface area contributed by atoms with Gasteiger partial charge in [-0.15, -0.1) is 0 Å². The molecule has 1 amide bonds. The van der Waals surface area contributed by atoms with Crippen molar-refractivity contribution in [1.82, 2.24) is 10.4 Å². The number of benzene rings is 1. The quantitative estimate of drug-likeness (QED) is 0.880. The zero-order chi connectivity index (χ0) is 15.2. The summed E-state index contributed by atoms with van der Waals surface area (Å²) in [6.07, 6.45) is 7.55. The average Bonchev–Trinajstić information content (AvgIpc) is 2.61. The van der Waals surface area contributed by atoms with Gasteiger partial charge in [0.1, 0.15) is 0 Å². The maximum Gasteiger partial charge on any atom is 0.272 e. The second-order valence-electron chi connectivity index (χ2n) is 5.49. The molecule has 0 aliphatic heterocycles. The van der Waals surface area contributed by atoms with E-state index in [0.29, 0.717) is 11.5 Å². The molecule has 1 aliphatic carbocycles. The van der Waals surface area contributed by atoms with E-state index < -0.39 is 0 Å². The van der Waals surface area contributed by atoms with Gasteiger partial charge in [0.25, 0.3) is 5.91 Å². The van der Waals surface area contributed by atoms with Crippen LogP contribution in [0, 0.1) is 0 Å². The van der Waals surface area contributed by atoms with Gasteiger partial charge in [0, 0.05) is 24.0 Å². The summed E-state index contributed by atoms with van der Waals surface area (Å²) in [5.41, 5.74) is 5.54. The molecule has 0 unspecified atom stereocenters. The van der Waals surface area contributed by atoms with Gasteiger partial charge in [-0.25, -0.2) is 5.43 Å². The number of hydrogen-bond acceptors (Lipinski definition) is 3. The molecule has 1 aliphatic rings. The highest BCUT2D eigenvalue weighted by atomic mass is 16.2. The lowest BCUT2D eigenvalue weighted by atomic mass is 9.82. The minimum absolute atomic E-state index is 0.210. The van der Waals surface area contributed by atoms with Crippen LogP contribution in [0.4, 0.5) is 0 Å². The summed E-state index contributed by atoms with van der Waals surface area (Å²) in [4.78, 5) is 16.0. The smallest absolute Gasteiger partial charge is 0.267 e. The van der Waals surface area contributed by atoms with Gasteiger partial charge in [0.15, 0.2) is 0 Å². The monoisotopic (exact) mass is 293 g/mol. The van der Waals surface area contributed by atoms with Crippen molar-refractivity contribution >= 4 is 11.6 Å². The molecule has 1 aromatic carbocycles. The summed E-state index contributed by atoms with van der Waals surface area (Å²) in [5.74, 6) is 0.0992. The van der Waals surface area contributed by atoms with Gasteiger partial charge in [-0.05, 0) is 37.0 Å². The molecular formula is C18H19N3O. The Labute approximate surface area is 130 Å². The number of nitrogens with zero attached hydrogens (tertiary/aromatic N) is 2. The van der Waals surface area contributed by atoms with Crippen LogP contribution in [0.25, 0.3) is 0 Å². The van der Waals surface area contributed by atoms with Crippen LogP contribution in [0.5, 0.6) is 0 Å². The van der Waals surface area contributed by atoms with Gasteiger partial charge in [0.05, 0.1) is 5.56 Å². The average molecular weight is 293 g/mol. The molecule has 0 spiro atoms. The van der Waals surface area contributed by atoms with Gasteiger partial charge >= 0.3 is 0 Å². The lowest BCUT2D eigenvalue weighted by Crippen LogP contribution is -2.24. The fourth-order valence-corrected chi connectivity index (χ4v) is 2.86. The SMILES string of the molecule is O=C(N/N=C1/CCCC[C@@H]1c1ccccc1)c1cccnc1. The topological polar surface area (TPSA) is 54.4 Å². The van der Waals surface area contributed by atoms with E-state index in [9.17, 15) is 4.79 Å². The number of nitrogens with one attached hydrogen (secondary N) is 1.